The number of aliphatic hydroxyl groups excluding tert-OH is 1. The Bertz CT molecular complexity index is 578. The number of halogens is 2. The van der Waals surface area contributed by atoms with Crippen LogP contribution in [0.15, 0.2) is 30.6 Å². The molecule has 1 N–H and O–H groups in total. The Morgan fingerprint density at radius 2 is 2.05 bits per heavy atom. The first kappa shape index (κ1) is 13.4. The normalized spacial score (nSPS) is 12.2. The fourth-order valence-corrected chi connectivity index (χ4v) is 1.66. The molecule has 2 aromatic rings. The van der Waals surface area contributed by atoms with Gasteiger partial charge in [-0.1, -0.05) is 0 Å². The minimum absolute atomic E-state index is 0.0796. The third-order valence-electron chi connectivity index (χ3n) is 2.63. The van der Waals surface area contributed by atoms with Gasteiger partial charge in [-0.25, -0.2) is 18.7 Å². The van der Waals surface area contributed by atoms with Gasteiger partial charge in [0.1, 0.15) is 24.1 Å². The molecule has 0 fully saturated rings. The molecule has 4 nitrogen and oxygen atoms in total. The lowest BCUT2D eigenvalue weighted by Gasteiger charge is -2.11. The number of hydrogen-bond donors (Lipinski definition) is 1. The van der Waals surface area contributed by atoms with E-state index in [4.69, 9.17) is 4.74 Å². The van der Waals surface area contributed by atoms with E-state index in [1.165, 1.54) is 19.5 Å². The van der Waals surface area contributed by atoms with Gasteiger partial charge in [-0.15, -0.1) is 0 Å². The van der Waals surface area contributed by atoms with Crippen LogP contribution in [0.25, 0.3) is 0 Å². The van der Waals surface area contributed by atoms with Crippen molar-refractivity contribution in [2.75, 3.05) is 7.11 Å². The molecule has 0 radical (unpaired) electrons. The Morgan fingerprint density at radius 1 is 1.26 bits per heavy atom. The van der Waals surface area contributed by atoms with E-state index in [-0.39, 0.29) is 17.7 Å². The summed E-state index contributed by atoms with van der Waals surface area (Å²) in [5.74, 6) is -0.825. The molecule has 0 aliphatic rings. The van der Waals surface area contributed by atoms with Crippen LogP contribution < -0.4 is 4.74 Å². The maximum atomic E-state index is 13.5. The summed E-state index contributed by atoms with van der Waals surface area (Å²) >= 11 is 0. The van der Waals surface area contributed by atoms with Crippen molar-refractivity contribution < 1.29 is 18.6 Å². The number of aromatic nitrogens is 2. The van der Waals surface area contributed by atoms with Crippen LogP contribution >= 0.6 is 0 Å². The first-order chi connectivity index (χ1) is 9.10. The summed E-state index contributed by atoms with van der Waals surface area (Å²) in [4.78, 5) is 7.68. The molecule has 2 rings (SSSR count). The minimum atomic E-state index is -1.06. The van der Waals surface area contributed by atoms with Crippen molar-refractivity contribution in [3.8, 4) is 5.88 Å². The molecule has 1 atom stereocenters. The molecule has 100 valence electrons. The second kappa shape index (κ2) is 5.71. The molecule has 1 unspecified atom stereocenters. The third kappa shape index (κ3) is 3.23. The van der Waals surface area contributed by atoms with Gasteiger partial charge in [0.05, 0.1) is 12.8 Å². The summed E-state index contributed by atoms with van der Waals surface area (Å²) in [6.45, 7) is 0. The Kier molecular flexibility index (Phi) is 4.01. The second-order valence-corrected chi connectivity index (χ2v) is 3.94. The highest BCUT2D eigenvalue weighted by Crippen LogP contribution is 2.21. The van der Waals surface area contributed by atoms with Gasteiger partial charge in [0, 0.05) is 12.5 Å². The highest BCUT2D eigenvalue weighted by Gasteiger charge is 2.14. The number of ether oxygens (including phenoxy) is 1. The summed E-state index contributed by atoms with van der Waals surface area (Å²) in [5.41, 5.74) is 0.376. The van der Waals surface area contributed by atoms with Crippen LogP contribution in [0.4, 0.5) is 8.78 Å². The molecule has 0 spiro atoms. The Hall–Kier alpha value is -2.08. The van der Waals surface area contributed by atoms with Crippen LogP contribution in [0.5, 0.6) is 5.88 Å². The number of nitrogens with zero attached hydrogens (tertiary/aromatic N) is 2. The summed E-state index contributed by atoms with van der Waals surface area (Å²) in [6.07, 6.45) is 0.0940. The van der Waals surface area contributed by atoms with Gasteiger partial charge in [-0.2, -0.15) is 0 Å². The summed E-state index contributed by atoms with van der Waals surface area (Å²) < 4.78 is 31.4. The largest absolute Gasteiger partial charge is 0.481 e. The number of aliphatic hydroxyl groups is 1. The number of methoxy groups -OCH3 is 1. The van der Waals surface area contributed by atoms with E-state index >= 15 is 0 Å². The smallest absolute Gasteiger partial charge is 0.216 e. The number of rotatable bonds is 4. The van der Waals surface area contributed by atoms with Crippen molar-refractivity contribution in [3.63, 3.8) is 0 Å². The molecular formula is C13H12F2N2O2. The maximum absolute atomic E-state index is 13.5. The fourth-order valence-electron chi connectivity index (χ4n) is 1.66. The van der Waals surface area contributed by atoms with E-state index in [9.17, 15) is 13.9 Å². The topological polar surface area (TPSA) is 55.2 Å². The third-order valence-corrected chi connectivity index (χ3v) is 2.63. The molecule has 6 heteroatoms. The highest BCUT2D eigenvalue weighted by atomic mass is 19.1. The zero-order chi connectivity index (χ0) is 13.8. The molecule has 1 aromatic heterocycles. The van der Waals surface area contributed by atoms with E-state index in [0.717, 1.165) is 18.2 Å². The van der Waals surface area contributed by atoms with Crippen molar-refractivity contribution in [1.82, 2.24) is 9.97 Å². The van der Waals surface area contributed by atoms with Gasteiger partial charge >= 0.3 is 0 Å². The van der Waals surface area contributed by atoms with Crippen LogP contribution in [-0.4, -0.2) is 22.2 Å². The zero-order valence-electron chi connectivity index (χ0n) is 10.2. The average molecular weight is 266 g/mol. The maximum Gasteiger partial charge on any atom is 0.216 e. The van der Waals surface area contributed by atoms with E-state index < -0.39 is 17.7 Å². The second-order valence-electron chi connectivity index (χ2n) is 3.94. The predicted molar refractivity (Wildman–Crippen MR) is 63.6 cm³/mol. The molecule has 0 aliphatic heterocycles. The predicted octanol–water partition coefficient (Wildman–Crippen LogP) is 2.04. The Labute approximate surface area is 108 Å². The zero-order valence-corrected chi connectivity index (χ0v) is 10.2. The molecule has 0 saturated carbocycles. The SMILES string of the molecule is COc1cc(C(O)Cc2cc(F)ccc2F)ncn1. The number of benzene rings is 1. The van der Waals surface area contributed by atoms with Crippen LogP contribution in [0.2, 0.25) is 0 Å². The van der Waals surface area contributed by atoms with Gasteiger partial charge in [0.2, 0.25) is 5.88 Å². The van der Waals surface area contributed by atoms with Crippen LogP contribution in [0.1, 0.15) is 17.4 Å². The van der Waals surface area contributed by atoms with E-state index in [2.05, 4.69) is 9.97 Å². The summed E-state index contributed by atoms with van der Waals surface area (Å²) in [7, 11) is 1.44. The van der Waals surface area contributed by atoms with Crippen molar-refractivity contribution >= 4 is 0 Å². The highest BCUT2D eigenvalue weighted by molar-refractivity contribution is 5.22. The van der Waals surface area contributed by atoms with Crippen LogP contribution in [-0.2, 0) is 6.42 Å². The summed E-state index contributed by atoms with van der Waals surface area (Å²) in [5, 5.41) is 9.97. The van der Waals surface area contributed by atoms with E-state index in [1.807, 2.05) is 0 Å². The van der Waals surface area contributed by atoms with Gasteiger partial charge in [0.15, 0.2) is 0 Å². The standard InChI is InChI=1S/C13H12F2N2O2/c1-19-13-6-11(16-7-17-13)12(18)5-8-4-9(14)2-3-10(8)15/h2-4,6-7,12,18H,5H2,1H3. The fraction of sp³-hybridized carbons (Fsp3) is 0.231. The van der Waals surface area contributed by atoms with Crippen LogP contribution in [0.3, 0.4) is 0 Å². The van der Waals surface area contributed by atoms with E-state index in [0.29, 0.717) is 5.88 Å². The van der Waals surface area contributed by atoms with Crippen molar-refractivity contribution in [2.24, 2.45) is 0 Å². The van der Waals surface area contributed by atoms with Gasteiger partial charge in [-0.05, 0) is 23.8 Å². The van der Waals surface area contributed by atoms with Gasteiger partial charge < -0.3 is 9.84 Å². The average Bonchev–Trinajstić information content (AvgIpc) is 2.43. The molecule has 0 amide bonds. The lowest BCUT2D eigenvalue weighted by atomic mass is 10.0. The molecular weight excluding hydrogens is 254 g/mol. The Morgan fingerprint density at radius 3 is 2.79 bits per heavy atom. The first-order valence-corrected chi connectivity index (χ1v) is 5.58. The van der Waals surface area contributed by atoms with Gasteiger partial charge in [-0.3, -0.25) is 0 Å². The van der Waals surface area contributed by atoms with E-state index in [1.54, 1.807) is 0 Å². The van der Waals surface area contributed by atoms with Crippen LogP contribution in [0, 0.1) is 11.6 Å². The van der Waals surface area contributed by atoms with Crippen molar-refractivity contribution in [3.05, 3.63) is 53.5 Å². The lowest BCUT2D eigenvalue weighted by molar-refractivity contribution is 0.171. The summed E-state index contributed by atoms with van der Waals surface area (Å²) in [6, 6.07) is 4.55. The van der Waals surface area contributed by atoms with Crippen molar-refractivity contribution in [1.29, 1.82) is 0 Å². The minimum Gasteiger partial charge on any atom is -0.481 e. The first-order valence-electron chi connectivity index (χ1n) is 5.58. The lowest BCUT2D eigenvalue weighted by Crippen LogP contribution is -2.07. The molecule has 1 heterocycles. The molecule has 0 aliphatic carbocycles. The van der Waals surface area contributed by atoms with Crippen molar-refractivity contribution in [2.45, 2.75) is 12.5 Å². The molecule has 0 bridgehead atoms. The quantitative estimate of drug-likeness (QED) is 0.920. The monoisotopic (exact) mass is 266 g/mol. The molecule has 0 saturated heterocycles. The van der Waals surface area contributed by atoms with Gasteiger partial charge in [0.25, 0.3) is 0 Å². The number of hydrogen-bond acceptors (Lipinski definition) is 4. The Balaban J connectivity index is 2.20. The molecule has 1 aromatic carbocycles. The molecule has 19 heavy (non-hydrogen) atoms.